The second kappa shape index (κ2) is 3.90. The summed E-state index contributed by atoms with van der Waals surface area (Å²) in [6.07, 6.45) is 1.60. The normalized spacial score (nSPS) is 9.64. The summed E-state index contributed by atoms with van der Waals surface area (Å²) < 4.78 is 0. The van der Waals surface area contributed by atoms with Crippen LogP contribution in [0.25, 0.3) is 0 Å². The molecule has 0 aliphatic carbocycles. The van der Waals surface area contributed by atoms with Gasteiger partial charge in [0.05, 0.1) is 0 Å². The Hall–Kier alpha value is -1.13. The number of nitrogens with zero attached hydrogens (tertiary/aromatic N) is 2. The van der Waals surface area contributed by atoms with Crippen molar-refractivity contribution in [2.24, 2.45) is 0 Å². The minimum atomic E-state index is -0.229. The zero-order valence-electron chi connectivity index (χ0n) is 6.01. The lowest BCUT2D eigenvalue weighted by atomic mass is 10.4. The van der Waals surface area contributed by atoms with Crippen LogP contribution in [0.1, 0.15) is 0 Å². The first-order valence-electron chi connectivity index (χ1n) is 3.26. The van der Waals surface area contributed by atoms with Gasteiger partial charge in [0.1, 0.15) is 19.3 Å². The Morgan fingerprint density at radius 1 is 1.27 bits per heavy atom. The maximum Gasteiger partial charge on any atom is 0.132 e. The Labute approximate surface area is 64.7 Å². The molecule has 0 aliphatic rings. The van der Waals surface area contributed by atoms with E-state index in [1.54, 1.807) is 24.4 Å². The van der Waals surface area contributed by atoms with Crippen LogP contribution in [0, 0.1) is 0 Å². The minimum absolute atomic E-state index is 0.229. The molecule has 1 aromatic heterocycles. The van der Waals surface area contributed by atoms with Gasteiger partial charge < -0.3 is 15.1 Å². The Morgan fingerprint density at radius 3 is 2.45 bits per heavy atom. The summed E-state index contributed by atoms with van der Waals surface area (Å²) in [6.45, 7) is -0.457. The van der Waals surface area contributed by atoms with Gasteiger partial charge in [0, 0.05) is 6.20 Å². The Morgan fingerprint density at radius 2 is 2.00 bits per heavy atom. The Balaban J connectivity index is 2.74. The van der Waals surface area contributed by atoms with Crippen LogP contribution in [0.15, 0.2) is 24.4 Å². The van der Waals surface area contributed by atoms with Gasteiger partial charge in [-0.2, -0.15) is 0 Å². The lowest BCUT2D eigenvalue weighted by Crippen LogP contribution is -2.25. The third-order valence-electron chi connectivity index (χ3n) is 1.31. The van der Waals surface area contributed by atoms with Crippen LogP contribution in [-0.4, -0.2) is 28.7 Å². The number of anilines is 1. The highest BCUT2D eigenvalue weighted by Gasteiger charge is 2.01. The number of aromatic nitrogens is 1. The molecule has 0 fully saturated rings. The van der Waals surface area contributed by atoms with Gasteiger partial charge in [-0.05, 0) is 12.1 Å². The van der Waals surface area contributed by atoms with Crippen LogP contribution in [0.5, 0.6) is 0 Å². The molecule has 2 N–H and O–H groups in total. The molecule has 4 nitrogen and oxygen atoms in total. The number of aliphatic hydroxyl groups is 2. The molecule has 4 heteroatoms. The van der Waals surface area contributed by atoms with Crippen LogP contribution >= 0.6 is 0 Å². The van der Waals surface area contributed by atoms with E-state index in [-0.39, 0.29) is 13.5 Å². The van der Waals surface area contributed by atoms with Gasteiger partial charge in [-0.25, -0.2) is 4.98 Å². The van der Waals surface area contributed by atoms with Gasteiger partial charge in [0.15, 0.2) is 0 Å². The molecule has 60 valence electrons. The number of pyridine rings is 1. The SMILES string of the molecule is OCN(CO)c1ccccn1. The maximum atomic E-state index is 8.71. The number of hydrogen-bond donors (Lipinski definition) is 2. The molecule has 0 amide bonds. The molecule has 1 aromatic rings. The molecule has 0 aliphatic heterocycles. The smallest absolute Gasteiger partial charge is 0.132 e. The van der Waals surface area contributed by atoms with Crippen molar-refractivity contribution in [3.63, 3.8) is 0 Å². The van der Waals surface area contributed by atoms with Crippen LogP contribution in [0.3, 0.4) is 0 Å². The van der Waals surface area contributed by atoms with Gasteiger partial charge in [0.25, 0.3) is 0 Å². The lowest BCUT2D eigenvalue weighted by molar-refractivity contribution is 0.222. The summed E-state index contributed by atoms with van der Waals surface area (Å²) in [7, 11) is 0. The average Bonchev–Trinajstić information content (AvgIpc) is 2.09. The lowest BCUT2D eigenvalue weighted by Gasteiger charge is -2.16. The summed E-state index contributed by atoms with van der Waals surface area (Å²) in [5.74, 6) is 0.567. The zero-order chi connectivity index (χ0) is 8.10. The van der Waals surface area contributed by atoms with E-state index < -0.39 is 0 Å². The van der Waals surface area contributed by atoms with Crippen LogP contribution in [-0.2, 0) is 0 Å². The van der Waals surface area contributed by atoms with E-state index in [4.69, 9.17) is 10.2 Å². The van der Waals surface area contributed by atoms with E-state index in [2.05, 4.69) is 4.98 Å². The fraction of sp³-hybridized carbons (Fsp3) is 0.286. The summed E-state index contributed by atoms with van der Waals surface area (Å²) in [5, 5.41) is 17.4. The van der Waals surface area contributed by atoms with Crippen molar-refractivity contribution >= 4 is 5.82 Å². The predicted octanol–water partition coefficient (Wildman–Crippen LogP) is -0.212. The standard InChI is InChI=1S/C7H10N2O2/c10-5-9(6-11)7-3-1-2-4-8-7/h1-4,10-11H,5-6H2. The third-order valence-corrected chi connectivity index (χ3v) is 1.31. The highest BCUT2D eigenvalue weighted by atomic mass is 16.3. The van der Waals surface area contributed by atoms with E-state index in [0.29, 0.717) is 5.82 Å². The van der Waals surface area contributed by atoms with Crippen molar-refractivity contribution in [1.29, 1.82) is 0 Å². The Bertz CT molecular complexity index is 199. The molecule has 0 spiro atoms. The van der Waals surface area contributed by atoms with Gasteiger partial charge in [-0.3, -0.25) is 0 Å². The number of hydrogen-bond acceptors (Lipinski definition) is 4. The monoisotopic (exact) mass is 154 g/mol. The first-order valence-corrected chi connectivity index (χ1v) is 3.26. The fourth-order valence-electron chi connectivity index (χ4n) is 0.730. The molecule has 0 saturated heterocycles. The van der Waals surface area contributed by atoms with E-state index >= 15 is 0 Å². The highest BCUT2D eigenvalue weighted by Crippen LogP contribution is 2.05. The predicted molar refractivity (Wildman–Crippen MR) is 40.9 cm³/mol. The van der Waals surface area contributed by atoms with E-state index in [0.717, 1.165) is 0 Å². The number of rotatable bonds is 3. The molecule has 1 heterocycles. The maximum absolute atomic E-state index is 8.71. The molecule has 1 rings (SSSR count). The van der Waals surface area contributed by atoms with Gasteiger partial charge >= 0.3 is 0 Å². The first-order chi connectivity index (χ1) is 5.38. The van der Waals surface area contributed by atoms with Crippen molar-refractivity contribution in [2.45, 2.75) is 0 Å². The summed E-state index contributed by atoms with van der Waals surface area (Å²) >= 11 is 0. The molecule has 0 unspecified atom stereocenters. The summed E-state index contributed by atoms with van der Waals surface area (Å²) in [6, 6.07) is 5.28. The summed E-state index contributed by atoms with van der Waals surface area (Å²) in [5.41, 5.74) is 0. The first kappa shape index (κ1) is 7.97. The van der Waals surface area contributed by atoms with E-state index in [1.165, 1.54) is 4.90 Å². The second-order valence-electron chi connectivity index (χ2n) is 2.01. The average molecular weight is 154 g/mol. The molecule has 0 aromatic carbocycles. The third kappa shape index (κ3) is 1.89. The van der Waals surface area contributed by atoms with Gasteiger partial charge in [0.2, 0.25) is 0 Å². The van der Waals surface area contributed by atoms with Gasteiger partial charge in [-0.15, -0.1) is 0 Å². The van der Waals surface area contributed by atoms with E-state index in [9.17, 15) is 0 Å². The summed E-state index contributed by atoms with van der Waals surface area (Å²) in [4.78, 5) is 5.26. The van der Waals surface area contributed by atoms with Crippen LogP contribution in [0.2, 0.25) is 0 Å². The van der Waals surface area contributed by atoms with Gasteiger partial charge in [-0.1, -0.05) is 6.07 Å². The van der Waals surface area contributed by atoms with Crippen molar-refractivity contribution in [2.75, 3.05) is 18.4 Å². The minimum Gasteiger partial charge on any atom is -0.376 e. The van der Waals surface area contributed by atoms with Crippen molar-refractivity contribution in [1.82, 2.24) is 4.98 Å². The number of aliphatic hydroxyl groups excluding tert-OH is 2. The molecule has 0 saturated carbocycles. The zero-order valence-corrected chi connectivity index (χ0v) is 6.01. The molecule has 0 radical (unpaired) electrons. The van der Waals surface area contributed by atoms with E-state index in [1.807, 2.05) is 0 Å². The van der Waals surface area contributed by atoms with Crippen LogP contribution in [0.4, 0.5) is 5.82 Å². The topological polar surface area (TPSA) is 56.6 Å². The quantitative estimate of drug-likeness (QED) is 0.591. The second-order valence-corrected chi connectivity index (χ2v) is 2.01. The van der Waals surface area contributed by atoms with Crippen LogP contribution < -0.4 is 4.90 Å². The molecule has 0 atom stereocenters. The largest absolute Gasteiger partial charge is 0.376 e. The molecular formula is C7H10N2O2. The van der Waals surface area contributed by atoms with Crippen molar-refractivity contribution in [3.8, 4) is 0 Å². The molecular weight excluding hydrogens is 144 g/mol. The molecule has 11 heavy (non-hydrogen) atoms. The Kier molecular flexibility index (Phi) is 2.83. The fourth-order valence-corrected chi connectivity index (χ4v) is 0.730. The van der Waals surface area contributed by atoms with Crippen molar-refractivity contribution in [3.05, 3.63) is 24.4 Å². The molecule has 0 bridgehead atoms. The van der Waals surface area contributed by atoms with Crippen molar-refractivity contribution < 1.29 is 10.2 Å². The highest BCUT2D eigenvalue weighted by molar-refractivity contribution is 5.35.